The summed E-state index contributed by atoms with van der Waals surface area (Å²) in [5.41, 5.74) is 0.988. The van der Waals surface area contributed by atoms with Crippen LogP contribution in [0.25, 0.3) is 0 Å². The number of aromatic nitrogens is 1. The summed E-state index contributed by atoms with van der Waals surface area (Å²) in [5.74, 6) is -1.64. The van der Waals surface area contributed by atoms with Crippen molar-refractivity contribution >= 4 is 68.8 Å². The summed E-state index contributed by atoms with van der Waals surface area (Å²) in [7, 11) is 0. The predicted molar refractivity (Wildman–Crippen MR) is 117 cm³/mol. The Bertz CT molecular complexity index is 1190. The van der Waals surface area contributed by atoms with Gasteiger partial charge < -0.3 is 5.32 Å². The quantitative estimate of drug-likeness (QED) is 0.549. The van der Waals surface area contributed by atoms with Gasteiger partial charge in [-0.1, -0.05) is 35.3 Å². The lowest BCUT2D eigenvalue weighted by Crippen LogP contribution is -2.32. The molecule has 0 atom stereocenters. The molecular weight excluding hydrogens is 447 g/mol. The predicted octanol–water partition coefficient (Wildman–Crippen LogP) is 4.48. The molecule has 150 valence electrons. The Hall–Kier alpha value is -3.20. The van der Waals surface area contributed by atoms with Gasteiger partial charge in [-0.2, -0.15) is 0 Å². The van der Waals surface area contributed by atoms with Gasteiger partial charge in [-0.05, 0) is 36.4 Å². The lowest BCUT2D eigenvalue weighted by atomic mass is 10.2. The van der Waals surface area contributed by atoms with Crippen LogP contribution in [0.2, 0.25) is 5.02 Å². The number of rotatable bonds is 5. The van der Waals surface area contributed by atoms with Crippen molar-refractivity contribution in [3.8, 4) is 0 Å². The summed E-state index contributed by atoms with van der Waals surface area (Å²) in [6.07, 6.45) is 1.58. The van der Waals surface area contributed by atoms with Gasteiger partial charge in [0.1, 0.15) is 10.7 Å². The maximum atomic E-state index is 12.8. The molecule has 10 heteroatoms. The van der Waals surface area contributed by atoms with Crippen molar-refractivity contribution in [3.05, 3.63) is 81.4 Å². The molecule has 0 saturated heterocycles. The Morgan fingerprint density at radius 2 is 1.83 bits per heavy atom. The van der Waals surface area contributed by atoms with E-state index in [-0.39, 0.29) is 16.6 Å². The van der Waals surface area contributed by atoms with Crippen LogP contribution in [0.1, 0.15) is 10.4 Å². The van der Waals surface area contributed by atoms with Gasteiger partial charge in [-0.15, -0.1) is 11.3 Å². The monoisotopic (exact) mass is 458 g/mol. The molecule has 30 heavy (non-hydrogen) atoms. The fourth-order valence-electron chi connectivity index (χ4n) is 2.80. The molecule has 1 aliphatic rings. The second-order valence-corrected chi connectivity index (χ2v) is 7.82. The molecule has 4 rings (SSSR count). The number of carbonyl (C=O) groups excluding carboxylic acids is 3. The molecule has 3 amide bonds. The molecule has 1 aliphatic heterocycles. The van der Waals surface area contributed by atoms with Crippen LogP contribution in [0.15, 0.2) is 70.8 Å². The first-order valence-corrected chi connectivity index (χ1v) is 10.2. The number of halogens is 2. The number of nitrogens with zero attached hydrogens (tertiary/aromatic N) is 2. The third-order valence-electron chi connectivity index (χ3n) is 4.14. The molecule has 0 saturated carbocycles. The van der Waals surface area contributed by atoms with Crippen molar-refractivity contribution in [1.82, 2.24) is 4.98 Å². The van der Waals surface area contributed by atoms with Gasteiger partial charge in [0.05, 0.1) is 5.69 Å². The average molecular weight is 459 g/mol. The molecule has 2 aromatic carbocycles. The van der Waals surface area contributed by atoms with Crippen LogP contribution in [0.3, 0.4) is 0 Å². The van der Waals surface area contributed by atoms with Crippen LogP contribution < -0.4 is 15.5 Å². The molecule has 0 bridgehead atoms. The Labute approximate surface area is 184 Å². The zero-order chi connectivity index (χ0) is 21.3. The first-order valence-electron chi connectivity index (χ1n) is 8.56. The number of anilines is 3. The molecule has 2 N–H and O–H groups in total. The van der Waals surface area contributed by atoms with E-state index in [9.17, 15) is 14.4 Å². The van der Waals surface area contributed by atoms with Crippen molar-refractivity contribution in [1.29, 1.82) is 0 Å². The SMILES string of the molecule is O=C(Nc1nccs1)c1cccc(NC2=C(Cl)C(=O)N(c3cccc(Cl)c3)C2=O)c1. The molecule has 7 nitrogen and oxygen atoms in total. The van der Waals surface area contributed by atoms with Crippen molar-refractivity contribution in [2.75, 3.05) is 15.5 Å². The Balaban J connectivity index is 1.56. The van der Waals surface area contributed by atoms with E-state index in [1.165, 1.54) is 17.4 Å². The zero-order valence-electron chi connectivity index (χ0n) is 15.1. The van der Waals surface area contributed by atoms with Crippen LogP contribution >= 0.6 is 34.5 Å². The third kappa shape index (κ3) is 3.93. The van der Waals surface area contributed by atoms with Crippen molar-refractivity contribution in [3.63, 3.8) is 0 Å². The van der Waals surface area contributed by atoms with E-state index in [2.05, 4.69) is 15.6 Å². The molecular formula is C20H12Cl2N4O3S. The maximum absolute atomic E-state index is 12.8. The minimum absolute atomic E-state index is 0.0841. The van der Waals surface area contributed by atoms with Crippen LogP contribution in [0, 0.1) is 0 Å². The lowest BCUT2D eigenvalue weighted by Gasteiger charge is -2.15. The van der Waals surface area contributed by atoms with E-state index < -0.39 is 11.8 Å². The fraction of sp³-hybridized carbons (Fsp3) is 0. The van der Waals surface area contributed by atoms with E-state index in [4.69, 9.17) is 23.2 Å². The number of carbonyl (C=O) groups is 3. The summed E-state index contributed by atoms with van der Waals surface area (Å²) in [5, 5.41) is 7.87. The van der Waals surface area contributed by atoms with Crippen molar-refractivity contribution < 1.29 is 14.4 Å². The van der Waals surface area contributed by atoms with E-state index in [0.717, 1.165) is 4.90 Å². The largest absolute Gasteiger partial charge is 0.350 e. The normalized spacial score (nSPS) is 13.7. The highest BCUT2D eigenvalue weighted by Crippen LogP contribution is 2.31. The molecule has 2 heterocycles. The standard InChI is InChI=1S/C20H12Cl2N4O3S/c21-12-4-2-6-14(10-12)26-18(28)15(22)16(19(26)29)24-13-5-1-3-11(9-13)17(27)25-20-23-7-8-30-20/h1-10,24H,(H,23,25,27). The first-order chi connectivity index (χ1) is 14.4. The van der Waals surface area contributed by atoms with Gasteiger partial charge in [0.2, 0.25) is 0 Å². The lowest BCUT2D eigenvalue weighted by molar-refractivity contribution is -0.120. The van der Waals surface area contributed by atoms with Crippen LogP contribution in [0.4, 0.5) is 16.5 Å². The number of benzene rings is 2. The van der Waals surface area contributed by atoms with Crippen molar-refractivity contribution in [2.24, 2.45) is 0 Å². The average Bonchev–Trinajstić information content (AvgIpc) is 3.31. The molecule has 0 spiro atoms. The van der Waals surface area contributed by atoms with E-state index in [1.54, 1.807) is 54.0 Å². The number of thiazole rings is 1. The Kier molecular flexibility index (Phi) is 5.54. The fourth-order valence-corrected chi connectivity index (χ4v) is 3.72. The first kappa shape index (κ1) is 20.1. The topological polar surface area (TPSA) is 91.4 Å². The number of hydrogen-bond donors (Lipinski definition) is 2. The third-order valence-corrected chi connectivity index (χ3v) is 5.41. The second kappa shape index (κ2) is 8.27. The smallest absolute Gasteiger partial charge is 0.283 e. The number of hydrogen-bond acceptors (Lipinski definition) is 6. The minimum atomic E-state index is -0.663. The summed E-state index contributed by atoms with van der Waals surface area (Å²) in [6.45, 7) is 0. The highest BCUT2D eigenvalue weighted by Gasteiger charge is 2.39. The zero-order valence-corrected chi connectivity index (χ0v) is 17.4. The highest BCUT2D eigenvalue weighted by molar-refractivity contribution is 7.13. The van der Waals surface area contributed by atoms with Crippen LogP contribution in [-0.2, 0) is 9.59 Å². The minimum Gasteiger partial charge on any atom is -0.350 e. The number of nitrogens with one attached hydrogen (secondary N) is 2. The Morgan fingerprint density at radius 3 is 2.57 bits per heavy atom. The Morgan fingerprint density at radius 1 is 1.03 bits per heavy atom. The van der Waals surface area contributed by atoms with Crippen LogP contribution in [-0.4, -0.2) is 22.7 Å². The van der Waals surface area contributed by atoms with Gasteiger partial charge in [0.15, 0.2) is 5.13 Å². The van der Waals surface area contributed by atoms with E-state index >= 15 is 0 Å². The van der Waals surface area contributed by atoms with Gasteiger partial charge >= 0.3 is 0 Å². The summed E-state index contributed by atoms with van der Waals surface area (Å²) in [4.78, 5) is 42.7. The van der Waals surface area contributed by atoms with Crippen molar-refractivity contribution in [2.45, 2.75) is 0 Å². The van der Waals surface area contributed by atoms with Gasteiger partial charge in [0.25, 0.3) is 17.7 Å². The van der Waals surface area contributed by atoms with E-state index in [1.807, 2.05) is 0 Å². The van der Waals surface area contributed by atoms with Gasteiger partial charge in [-0.3, -0.25) is 19.7 Å². The molecule has 0 radical (unpaired) electrons. The molecule has 0 unspecified atom stereocenters. The molecule has 1 aromatic heterocycles. The summed E-state index contributed by atoms with van der Waals surface area (Å²) in [6, 6.07) is 12.8. The summed E-state index contributed by atoms with van der Waals surface area (Å²) >= 11 is 13.4. The number of amides is 3. The van der Waals surface area contributed by atoms with Gasteiger partial charge in [0, 0.05) is 27.9 Å². The van der Waals surface area contributed by atoms with Gasteiger partial charge in [-0.25, -0.2) is 9.88 Å². The second-order valence-electron chi connectivity index (χ2n) is 6.11. The molecule has 3 aromatic rings. The number of imide groups is 1. The molecule has 0 aliphatic carbocycles. The molecule has 0 fully saturated rings. The van der Waals surface area contributed by atoms with Crippen LogP contribution in [0.5, 0.6) is 0 Å². The summed E-state index contributed by atoms with van der Waals surface area (Å²) < 4.78 is 0. The van der Waals surface area contributed by atoms with E-state index in [0.29, 0.717) is 27.1 Å². The highest BCUT2D eigenvalue weighted by atomic mass is 35.5. The maximum Gasteiger partial charge on any atom is 0.283 e.